The highest BCUT2D eigenvalue weighted by atomic mass is 35.5. The first kappa shape index (κ1) is 16.4. The number of fused-ring (bicyclic) bond motifs is 1. The molecule has 1 unspecified atom stereocenters. The molecule has 3 rings (SSSR count). The minimum Gasteiger partial charge on any atom is -0.440 e. The van der Waals surface area contributed by atoms with Crippen molar-refractivity contribution in [3.63, 3.8) is 0 Å². The van der Waals surface area contributed by atoms with Gasteiger partial charge < -0.3 is 15.0 Å². The number of rotatable bonds is 1. The molecule has 0 saturated heterocycles. The van der Waals surface area contributed by atoms with E-state index in [1.807, 2.05) is 6.07 Å². The molecule has 0 amide bonds. The highest BCUT2D eigenvalue weighted by molar-refractivity contribution is 6.42. The third kappa shape index (κ3) is 2.44. The molecule has 5 nitrogen and oxygen atoms in total. The molecular weight excluding hydrogens is 349 g/mol. The smallest absolute Gasteiger partial charge is 0.258 e. The van der Waals surface area contributed by atoms with Crippen molar-refractivity contribution < 1.29 is 4.74 Å². The van der Waals surface area contributed by atoms with Crippen LogP contribution in [0.15, 0.2) is 40.5 Å². The number of aromatic nitrogens is 1. The lowest BCUT2D eigenvalue weighted by atomic mass is 9.84. The average molecular weight is 362 g/mol. The second-order valence-corrected chi connectivity index (χ2v) is 6.34. The van der Waals surface area contributed by atoms with Crippen LogP contribution >= 0.6 is 23.2 Å². The van der Waals surface area contributed by atoms with Gasteiger partial charge in [0, 0.05) is 18.8 Å². The number of aryl methyl sites for hydroxylation is 1. The number of nitriles is 1. The standard InChI is InChI=1S/C17H13Cl2N3O2/c1-8-5-13-15(17(23)22(8)2)14(10(7-20)16(21)24-13)9-3-4-11(18)12(19)6-9/h3-6,14H,21H2,1-2H3. The van der Waals surface area contributed by atoms with Crippen molar-refractivity contribution in [3.05, 3.63) is 72.9 Å². The van der Waals surface area contributed by atoms with E-state index >= 15 is 0 Å². The monoisotopic (exact) mass is 361 g/mol. The van der Waals surface area contributed by atoms with Crippen molar-refractivity contribution in [2.45, 2.75) is 12.8 Å². The molecule has 0 bridgehead atoms. The summed E-state index contributed by atoms with van der Waals surface area (Å²) in [6.45, 7) is 1.79. The Bertz CT molecular complexity index is 987. The summed E-state index contributed by atoms with van der Waals surface area (Å²) < 4.78 is 7.02. The Balaban J connectivity index is 2.35. The highest BCUT2D eigenvalue weighted by Gasteiger charge is 2.34. The van der Waals surface area contributed by atoms with Crippen LogP contribution in [0.3, 0.4) is 0 Å². The molecule has 2 heterocycles. The summed E-state index contributed by atoms with van der Waals surface area (Å²) in [5.41, 5.74) is 7.55. The van der Waals surface area contributed by atoms with E-state index in [-0.39, 0.29) is 17.0 Å². The normalized spacial score (nSPS) is 16.4. The summed E-state index contributed by atoms with van der Waals surface area (Å²) in [7, 11) is 1.66. The van der Waals surface area contributed by atoms with Crippen LogP contribution in [0, 0.1) is 18.3 Å². The van der Waals surface area contributed by atoms with E-state index in [9.17, 15) is 10.1 Å². The Morgan fingerprint density at radius 3 is 2.62 bits per heavy atom. The number of benzene rings is 1. The summed E-state index contributed by atoms with van der Waals surface area (Å²) in [6, 6.07) is 8.74. The van der Waals surface area contributed by atoms with Crippen LogP contribution in [-0.4, -0.2) is 4.57 Å². The van der Waals surface area contributed by atoms with Gasteiger partial charge in [-0.15, -0.1) is 0 Å². The van der Waals surface area contributed by atoms with Gasteiger partial charge in [0.25, 0.3) is 5.56 Å². The van der Waals surface area contributed by atoms with E-state index in [4.69, 9.17) is 33.7 Å². The Morgan fingerprint density at radius 1 is 1.29 bits per heavy atom. The average Bonchev–Trinajstić information content (AvgIpc) is 2.54. The molecule has 1 aromatic heterocycles. The third-order valence-electron chi connectivity index (χ3n) is 4.13. The zero-order valence-electron chi connectivity index (χ0n) is 12.9. The van der Waals surface area contributed by atoms with Crippen LogP contribution in [0.4, 0.5) is 0 Å². The molecule has 1 aromatic carbocycles. The zero-order chi connectivity index (χ0) is 17.6. The maximum absolute atomic E-state index is 12.8. The van der Waals surface area contributed by atoms with Crippen LogP contribution in [-0.2, 0) is 7.05 Å². The minimum atomic E-state index is -0.659. The van der Waals surface area contributed by atoms with Crippen molar-refractivity contribution in [2.75, 3.05) is 0 Å². The van der Waals surface area contributed by atoms with Gasteiger partial charge >= 0.3 is 0 Å². The van der Waals surface area contributed by atoms with Crippen molar-refractivity contribution >= 4 is 23.2 Å². The van der Waals surface area contributed by atoms with Crippen molar-refractivity contribution in [1.29, 1.82) is 5.26 Å². The topological polar surface area (TPSA) is 81.0 Å². The quantitative estimate of drug-likeness (QED) is 0.845. The predicted octanol–water partition coefficient (Wildman–Crippen LogP) is 3.22. The number of halogens is 2. The van der Waals surface area contributed by atoms with Crippen LogP contribution in [0.25, 0.3) is 0 Å². The highest BCUT2D eigenvalue weighted by Crippen LogP contribution is 2.41. The number of nitrogens with zero attached hydrogens (tertiary/aromatic N) is 2. The first-order chi connectivity index (χ1) is 11.3. The van der Waals surface area contributed by atoms with Gasteiger partial charge in [-0.1, -0.05) is 29.3 Å². The maximum Gasteiger partial charge on any atom is 0.258 e. The molecule has 0 radical (unpaired) electrons. The molecular formula is C17H13Cl2N3O2. The van der Waals surface area contributed by atoms with Gasteiger partial charge in [-0.25, -0.2) is 0 Å². The number of pyridine rings is 1. The predicted molar refractivity (Wildman–Crippen MR) is 92.2 cm³/mol. The molecule has 2 N–H and O–H groups in total. The molecule has 122 valence electrons. The van der Waals surface area contributed by atoms with Crippen molar-refractivity contribution in [1.82, 2.24) is 4.57 Å². The molecule has 1 aliphatic heterocycles. The fraction of sp³-hybridized carbons (Fsp3) is 0.176. The number of nitrogens with two attached hydrogens (primary N) is 1. The van der Waals surface area contributed by atoms with E-state index in [0.29, 0.717) is 26.9 Å². The van der Waals surface area contributed by atoms with Crippen LogP contribution in [0.1, 0.15) is 22.7 Å². The summed E-state index contributed by atoms with van der Waals surface area (Å²) in [5.74, 6) is -0.329. The SMILES string of the molecule is Cc1cc2c(c(=O)n1C)C(c1ccc(Cl)c(Cl)c1)C(C#N)=C(N)O2. The van der Waals surface area contributed by atoms with Gasteiger partial charge in [-0.05, 0) is 24.6 Å². The van der Waals surface area contributed by atoms with Crippen LogP contribution in [0.2, 0.25) is 10.0 Å². The second kappa shape index (κ2) is 5.90. The Labute approximate surface area is 148 Å². The fourth-order valence-electron chi connectivity index (χ4n) is 2.77. The Kier molecular flexibility index (Phi) is 4.04. The van der Waals surface area contributed by atoms with Gasteiger partial charge in [-0.3, -0.25) is 4.79 Å². The Hall–Kier alpha value is -2.42. The zero-order valence-corrected chi connectivity index (χ0v) is 14.4. The summed E-state index contributed by atoms with van der Waals surface area (Å²) in [6.07, 6.45) is 0. The molecule has 24 heavy (non-hydrogen) atoms. The molecule has 1 aliphatic rings. The first-order valence-electron chi connectivity index (χ1n) is 7.08. The van der Waals surface area contributed by atoms with Gasteiger partial charge in [0.1, 0.15) is 17.4 Å². The largest absolute Gasteiger partial charge is 0.440 e. The summed E-state index contributed by atoms with van der Waals surface area (Å²) >= 11 is 12.1. The lowest BCUT2D eigenvalue weighted by molar-refractivity contribution is 0.389. The molecule has 1 atom stereocenters. The van der Waals surface area contributed by atoms with Crippen molar-refractivity contribution in [3.8, 4) is 11.8 Å². The number of hydrogen-bond acceptors (Lipinski definition) is 4. The van der Waals surface area contributed by atoms with Gasteiger partial charge in [0.2, 0.25) is 5.88 Å². The van der Waals surface area contributed by atoms with E-state index in [1.165, 1.54) is 4.57 Å². The van der Waals surface area contributed by atoms with Crippen LogP contribution in [0.5, 0.6) is 5.75 Å². The number of allylic oxidation sites excluding steroid dienone is 1. The van der Waals surface area contributed by atoms with E-state index < -0.39 is 5.92 Å². The van der Waals surface area contributed by atoms with E-state index in [1.54, 1.807) is 38.2 Å². The summed E-state index contributed by atoms with van der Waals surface area (Å²) in [5, 5.41) is 10.2. The minimum absolute atomic E-state index is 0.0197. The second-order valence-electron chi connectivity index (χ2n) is 5.53. The number of ether oxygens (including phenoxy) is 1. The molecule has 0 saturated carbocycles. The molecule has 0 spiro atoms. The molecule has 0 aliphatic carbocycles. The summed E-state index contributed by atoms with van der Waals surface area (Å²) in [4.78, 5) is 12.8. The first-order valence-corrected chi connectivity index (χ1v) is 7.83. The van der Waals surface area contributed by atoms with Gasteiger partial charge in [0.05, 0.1) is 21.5 Å². The van der Waals surface area contributed by atoms with E-state index in [0.717, 1.165) is 5.69 Å². The number of hydrogen-bond donors (Lipinski definition) is 1. The van der Waals surface area contributed by atoms with Gasteiger partial charge in [0.15, 0.2) is 0 Å². The van der Waals surface area contributed by atoms with Crippen molar-refractivity contribution in [2.24, 2.45) is 12.8 Å². The third-order valence-corrected chi connectivity index (χ3v) is 4.87. The molecule has 2 aromatic rings. The fourth-order valence-corrected chi connectivity index (χ4v) is 3.07. The maximum atomic E-state index is 12.8. The van der Waals surface area contributed by atoms with Gasteiger partial charge in [-0.2, -0.15) is 5.26 Å². The molecule has 0 fully saturated rings. The van der Waals surface area contributed by atoms with E-state index in [2.05, 4.69) is 0 Å². The van der Waals surface area contributed by atoms with Crippen LogP contribution < -0.4 is 16.0 Å². The lowest BCUT2D eigenvalue weighted by Gasteiger charge is -2.27. The molecule has 7 heteroatoms. The Morgan fingerprint density at radius 2 is 2.00 bits per heavy atom. The lowest BCUT2D eigenvalue weighted by Crippen LogP contribution is -2.31.